The molecule has 0 fully saturated rings. The van der Waals surface area contributed by atoms with E-state index >= 15 is 0 Å². The third-order valence-corrected chi connectivity index (χ3v) is 0.835. The molecule has 0 aromatic carbocycles. The number of rotatable bonds is 4. The van der Waals surface area contributed by atoms with Crippen LogP contribution in [-0.2, 0) is 0 Å². The van der Waals surface area contributed by atoms with Gasteiger partial charge in [-0.05, 0) is 26.4 Å². The van der Waals surface area contributed by atoms with Crippen molar-refractivity contribution in [1.29, 1.82) is 0 Å². The summed E-state index contributed by atoms with van der Waals surface area (Å²) in [4.78, 5) is 0. The first kappa shape index (κ1) is 11.1. The van der Waals surface area contributed by atoms with Crippen LogP contribution in [0.5, 0.6) is 0 Å². The molecule has 0 aliphatic carbocycles. The van der Waals surface area contributed by atoms with Crippen molar-refractivity contribution in [2.45, 2.75) is 12.8 Å². The summed E-state index contributed by atoms with van der Waals surface area (Å²) in [5.74, 6) is 0. The lowest BCUT2D eigenvalue weighted by Gasteiger charge is -1.92. The highest BCUT2D eigenvalue weighted by Crippen LogP contribution is 1.81. The fourth-order valence-corrected chi connectivity index (χ4v) is 0.414. The third kappa shape index (κ3) is 9.51. The maximum atomic E-state index is 8.27. The average Bonchev–Trinajstić information content (AvgIpc) is 1.69. The van der Waals surface area contributed by atoms with Crippen molar-refractivity contribution >= 4 is 12.4 Å². The molecular weight excluding hydrogens is 126 g/mol. The van der Waals surface area contributed by atoms with Crippen molar-refractivity contribution < 1.29 is 5.11 Å². The molecule has 2 N–H and O–H groups in total. The summed E-state index contributed by atoms with van der Waals surface area (Å²) in [6, 6.07) is 0. The molecule has 0 heterocycles. The zero-order valence-corrected chi connectivity index (χ0v) is 6.00. The topological polar surface area (TPSA) is 32.3 Å². The second kappa shape index (κ2) is 10.2. The molecule has 0 unspecified atom stereocenters. The first-order valence-corrected chi connectivity index (χ1v) is 2.67. The van der Waals surface area contributed by atoms with Gasteiger partial charge in [-0.2, -0.15) is 0 Å². The van der Waals surface area contributed by atoms with Crippen LogP contribution in [0.25, 0.3) is 0 Å². The van der Waals surface area contributed by atoms with Gasteiger partial charge in [-0.1, -0.05) is 0 Å². The van der Waals surface area contributed by atoms with E-state index in [2.05, 4.69) is 5.32 Å². The zero-order valence-electron chi connectivity index (χ0n) is 5.18. The second-order valence-corrected chi connectivity index (χ2v) is 1.53. The molecule has 0 bridgehead atoms. The Kier molecular flexibility index (Phi) is 14.2. The first-order chi connectivity index (χ1) is 3.41. The minimum atomic E-state index is 0. The molecule has 0 amide bonds. The zero-order chi connectivity index (χ0) is 5.54. The van der Waals surface area contributed by atoms with Gasteiger partial charge in [-0.15, -0.1) is 12.4 Å². The Hall–Kier alpha value is 0.210. The van der Waals surface area contributed by atoms with Crippen LogP contribution in [0.1, 0.15) is 12.8 Å². The maximum Gasteiger partial charge on any atom is 0.0431 e. The first-order valence-electron chi connectivity index (χ1n) is 2.67. The van der Waals surface area contributed by atoms with Crippen LogP contribution < -0.4 is 5.32 Å². The molecule has 0 aromatic heterocycles. The van der Waals surface area contributed by atoms with Crippen molar-refractivity contribution in [3.63, 3.8) is 0 Å². The summed E-state index contributed by atoms with van der Waals surface area (Å²) in [7, 11) is 1.91. The van der Waals surface area contributed by atoms with E-state index in [0.717, 1.165) is 19.4 Å². The lowest BCUT2D eigenvalue weighted by Crippen LogP contribution is -2.07. The van der Waals surface area contributed by atoms with Crippen molar-refractivity contribution in [1.82, 2.24) is 5.32 Å². The van der Waals surface area contributed by atoms with E-state index in [4.69, 9.17) is 5.11 Å². The molecule has 0 spiro atoms. The highest BCUT2D eigenvalue weighted by molar-refractivity contribution is 5.85. The summed E-state index contributed by atoms with van der Waals surface area (Å²) in [5.41, 5.74) is 0. The highest BCUT2D eigenvalue weighted by Gasteiger charge is 1.79. The number of unbranched alkanes of at least 4 members (excludes halogenated alkanes) is 1. The number of hydrogen-bond acceptors (Lipinski definition) is 2. The van der Waals surface area contributed by atoms with Crippen molar-refractivity contribution in [3.05, 3.63) is 0 Å². The molecule has 0 aliphatic heterocycles. The number of nitrogens with one attached hydrogen (secondary N) is 1. The molecule has 0 aliphatic rings. The minimum Gasteiger partial charge on any atom is -0.396 e. The van der Waals surface area contributed by atoms with E-state index in [-0.39, 0.29) is 12.4 Å². The molecule has 8 heavy (non-hydrogen) atoms. The number of aliphatic hydroxyl groups is 1. The molecule has 0 saturated carbocycles. The van der Waals surface area contributed by atoms with E-state index in [1.54, 1.807) is 0 Å². The number of aliphatic hydroxyl groups excluding tert-OH is 1. The molecule has 3 heteroatoms. The standard InChI is InChI=1S/C5H13NO.ClH/c1-6-4-2-3-5-7;/h6-7H,2-5H2,1H3;1H. The van der Waals surface area contributed by atoms with Crippen LogP contribution in [-0.4, -0.2) is 25.3 Å². The highest BCUT2D eigenvalue weighted by atomic mass is 35.5. The van der Waals surface area contributed by atoms with Crippen molar-refractivity contribution in [2.24, 2.45) is 0 Å². The Labute approximate surface area is 56.7 Å². The van der Waals surface area contributed by atoms with Gasteiger partial charge in [0.2, 0.25) is 0 Å². The average molecular weight is 140 g/mol. The normalized spacial score (nSPS) is 8.25. The Morgan fingerprint density at radius 1 is 1.38 bits per heavy atom. The summed E-state index contributed by atoms with van der Waals surface area (Å²) in [6.07, 6.45) is 1.99. The van der Waals surface area contributed by atoms with Crippen molar-refractivity contribution in [3.8, 4) is 0 Å². The van der Waals surface area contributed by atoms with Gasteiger partial charge in [-0.3, -0.25) is 0 Å². The van der Waals surface area contributed by atoms with Gasteiger partial charge in [0.25, 0.3) is 0 Å². The van der Waals surface area contributed by atoms with Crippen LogP contribution >= 0.6 is 12.4 Å². The predicted molar refractivity (Wildman–Crippen MR) is 37.5 cm³/mol. The Morgan fingerprint density at radius 2 is 2.00 bits per heavy atom. The van der Waals surface area contributed by atoms with Gasteiger partial charge >= 0.3 is 0 Å². The van der Waals surface area contributed by atoms with Crippen LogP contribution in [0.15, 0.2) is 0 Å². The fraction of sp³-hybridized carbons (Fsp3) is 1.00. The molecule has 0 rings (SSSR count). The largest absolute Gasteiger partial charge is 0.396 e. The number of halogens is 1. The molecule has 0 saturated heterocycles. The Bertz CT molecular complexity index is 31.6. The SMILES string of the molecule is CNCCCCO.Cl. The quantitative estimate of drug-likeness (QED) is 0.553. The molecule has 0 atom stereocenters. The number of hydrogen-bond donors (Lipinski definition) is 2. The van der Waals surface area contributed by atoms with E-state index in [9.17, 15) is 0 Å². The van der Waals surface area contributed by atoms with Gasteiger partial charge in [0.15, 0.2) is 0 Å². The van der Waals surface area contributed by atoms with Crippen molar-refractivity contribution in [2.75, 3.05) is 20.2 Å². The van der Waals surface area contributed by atoms with Crippen LogP contribution in [0.4, 0.5) is 0 Å². The van der Waals surface area contributed by atoms with Gasteiger partial charge in [0.05, 0.1) is 0 Å². The third-order valence-electron chi connectivity index (χ3n) is 0.835. The van der Waals surface area contributed by atoms with E-state index in [1.807, 2.05) is 7.05 Å². The Balaban J connectivity index is 0. The summed E-state index contributed by atoms with van der Waals surface area (Å²) in [5, 5.41) is 11.3. The smallest absolute Gasteiger partial charge is 0.0431 e. The van der Waals surface area contributed by atoms with E-state index < -0.39 is 0 Å². The molecule has 0 radical (unpaired) electrons. The van der Waals surface area contributed by atoms with E-state index in [1.165, 1.54) is 0 Å². The molecule has 0 aromatic rings. The molecule has 52 valence electrons. The van der Waals surface area contributed by atoms with Crippen LogP contribution in [0.2, 0.25) is 0 Å². The predicted octanol–water partition coefficient (Wildman–Crippen LogP) is 0.400. The maximum absolute atomic E-state index is 8.27. The monoisotopic (exact) mass is 139 g/mol. The van der Waals surface area contributed by atoms with Gasteiger partial charge < -0.3 is 10.4 Å². The summed E-state index contributed by atoms with van der Waals surface area (Å²) >= 11 is 0. The summed E-state index contributed by atoms with van der Waals surface area (Å²) < 4.78 is 0. The lowest BCUT2D eigenvalue weighted by molar-refractivity contribution is 0.284. The fourth-order valence-electron chi connectivity index (χ4n) is 0.414. The lowest BCUT2D eigenvalue weighted by atomic mass is 10.3. The molecular formula is C5H14ClNO. The van der Waals surface area contributed by atoms with Gasteiger partial charge in [0.1, 0.15) is 0 Å². The van der Waals surface area contributed by atoms with Crippen LogP contribution in [0.3, 0.4) is 0 Å². The van der Waals surface area contributed by atoms with Crippen LogP contribution in [0, 0.1) is 0 Å². The Morgan fingerprint density at radius 3 is 2.38 bits per heavy atom. The van der Waals surface area contributed by atoms with Gasteiger partial charge in [0, 0.05) is 6.61 Å². The second-order valence-electron chi connectivity index (χ2n) is 1.53. The molecule has 2 nitrogen and oxygen atoms in total. The van der Waals surface area contributed by atoms with Gasteiger partial charge in [-0.25, -0.2) is 0 Å². The summed E-state index contributed by atoms with van der Waals surface area (Å²) in [6.45, 7) is 1.34. The van der Waals surface area contributed by atoms with E-state index in [0.29, 0.717) is 6.61 Å². The minimum absolute atomic E-state index is 0.